The van der Waals surface area contributed by atoms with Crippen molar-refractivity contribution < 1.29 is 44.5 Å². The lowest BCUT2D eigenvalue weighted by molar-refractivity contribution is -0.309. The fraction of sp³-hybridized carbons (Fsp3) is 0.767. The second-order valence-electron chi connectivity index (χ2n) is 13.3. The number of hydrogen-bond donors (Lipinski definition) is 6. The predicted molar refractivity (Wildman–Crippen MR) is 141 cm³/mol. The van der Waals surface area contributed by atoms with E-state index in [4.69, 9.17) is 13.9 Å². The molecule has 0 unspecified atom stereocenters. The van der Waals surface area contributed by atoms with Gasteiger partial charge in [-0.05, 0) is 80.2 Å². The SMILES string of the molecule is C[C@]12CC[C@H](O[C@@H]3O[C@H](CO)[C@@H](O)[C@H](O)[C@H]3O)C=C1CC[C@]1(O)[C@@H]2CC[C@]2(C)[C@@H](c3ccc(=O)oc3)CC[C@@]21O. The molecule has 1 aromatic heterocycles. The second-order valence-corrected chi connectivity index (χ2v) is 13.3. The van der Waals surface area contributed by atoms with E-state index < -0.39 is 65.7 Å². The van der Waals surface area contributed by atoms with Crippen molar-refractivity contribution >= 4 is 0 Å². The molecule has 6 N–H and O–H groups in total. The number of aliphatic hydroxyl groups excluding tert-OH is 4. The van der Waals surface area contributed by atoms with Crippen LogP contribution >= 0.6 is 0 Å². The van der Waals surface area contributed by atoms with Crippen molar-refractivity contribution in [3.05, 3.63) is 46.0 Å². The third-order valence-corrected chi connectivity index (χ3v) is 11.6. The van der Waals surface area contributed by atoms with Gasteiger partial charge in [0.05, 0.1) is 30.2 Å². The number of hydrogen-bond acceptors (Lipinski definition) is 10. The molecule has 3 saturated carbocycles. The Bertz CT molecular complexity index is 1190. The zero-order valence-corrected chi connectivity index (χ0v) is 23.1. The molecule has 0 spiro atoms. The van der Waals surface area contributed by atoms with E-state index >= 15 is 0 Å². The van der Waals surface area contributed by atoms with Gasteiger partial charge < -0.3 is 44.5 Å². The van der Waals surface area contributed by atoms with Crippen LogP contribution in [0.4, 0.5) is 0 Å². The van der Waals surface area contributed by atoms with Gasteiger partial charge in [0.25, 0.3) is 0 Å². The van der Waals surface area contributed by atoms with Gasteiger partial charge in [0, 0.05) is 11.5 Å². The molecule has 0 bridgehead atoms. The van der Waals surface area contributed by atoms with Gasteiger partial charge in [-0.2, -0.15) is 0 Å². The molecule has 1 saturated heterocycles. The summed E-state index contributed by atoms with van der Waals surface area (Å²) in [6, 6.07) is 3.20. The van der Waals surface area contributed by atoms with Crippen molar-refractivity contribution in [3.8, 4) is 0 Å². The summed E-state index contributed by atoms with van der Waals surface area (Å²) in [5.74, 6) is -0.182. The van der Waals surface area contributed by atoms with Gasteiger partial charge >= 0.3 is 5.63 Å². The van der Waals surface area contributed by atoms with E-state index in [1.54, 1.807) is 6.07 Å². The minimum atomic E-state index is -1.50. The van der Waals surface area contributed by atoms with Crippen LogP contribution in [0.1, 0.15) is 76.7 Å². The second kappa shape index (κ2) is 9.70. The van der Waals surface area contributed by atoms with Gasteiger partial charge in [-0.1, -0.05) is 25.5 Å². The topological polar surface area (TPSA) is 170 Å². The fourth-order valence-corrected chi connectivity index (χ4v) is 9.29. The average molecular weight is 563 g/mol. The minimum Gasteiger partial charge on any atom is -0.431 e. The van der Waals surface area contributed by atoms with Crippen LogP contribution in [0, 0.1) is 16.7 Å². The Morgan fingerprint density at radius 3 is 2.45 bits per heavy atom. The van der Waals surface area contributed by atoms with E-state index in [-0.39, 0.29) is 17.3 Å². The van der Waals surface area contributed by atoms with Gasteiger partial charge in [-0.3, -0.25) is 0 Å². The molecule has 0 amide bonds. The quantitative estimate of drug-likeness (QED) is 0.292. The molecule has 6 rings (SSSR count). The van der Waals surface area contributed by atoms with E-state index in [2.05, 4.69) is 13.8 Å². The van der Waals surface area contributed by atoms with Crippen molar-refractivity contribution in [3.63, 3.8) is 0 Å². The van der Waals surface area contributed by atoms with Crippen LogP contribution in [0.5, 0.6) is 0 Å². The van der Waals surface area contributed by atoms with Crippen molar-refractivity contribution in [2.24, 2.45) is 16.7 Å². The highest BCUT2D eigenvalue weighted by molar-refractivity contribution is 5.35. The van der Waals surface area contributed by atoms with Crippen molar-refractivity contribution in [1.82, 2.24) is 0 Å². The van der Waals surface area contributed by atoms with Crippen molar-refractivity contribution in [2.45, 2.75) is 119 Å². The first-order chi connectivity index (χ1) is 18.9. The summed E-state index contributed by atoms with van der Waals surface area (Å²) in [6.07, 6.45) is 1.42. The summed E-state index contributed by atoms with van der Waals surface area (Å²) < 4.78 is 16.8. The summed E-state index contributed by atoms with van der Waals surface area (Å²) in [6.45, 7) is 3.72. The lowest BCUT2D eigenvalue weighted by Crippen LogP contribution is -2.71. The standard InChI is InChI=1S/C30H42O10/c1-27-9-6-18(39-26-25(35)24(34)23(33)20(14-31)40-26)13-17(27)5-11-29(36)21(27)8-10-28(2)19(7-12-30(28,29)37)16-3-4-22(32)38-15-16/h3-4,13,15,18-21,23-26,31,33-37H,5-12,14H2,1-2H3/t18-,19+,20+,21+,23+,24-,25+,26+,27-,28+,29-,30+/m0/s1. The molecule has 0 aromatic carbocycles. The number of ether oxygens (including phenoxy) is 2. The molecule has 4 aliphatic carbocycles. The Morgan fingerprint density at radius 1 is 0.975 bits per heavy atom. The molecule has 4 fully saturated rings. The van der Waals surface area contributed by atoms with E-state index in [0.29, 0.717) is 38.5 Å². The molecule has 10 nitrogen and oxygen atoms in total. The summed E-state index contributed by atoms with van der Waals surface area (Å²) in [5, 5.41) is 65.0. The first-order valence-corrected chi connectivity index (χ1v) is 14.6. The third kappa shape index (κ3) is 3.87. The Hall–Kier alpha value is -1.63. The molecule has 1 aromatic rings. The van der Waals surface area contributed by atoms with Crippen molar-refractivity contribution in [2.75, 3.05) is 6.61 Å². The first kappa shape index (κ1) is 28.5. The lowest BCUT2D eigenvalue weighted by atomic mass is 9.43. The zero-order valence-electron chi connectivity index (χ0n) is 23.1. The number of fused-ring (bicyclic) bond motifs is 5. The fourth-order valence-electron chi connectivity index (χ4n) is 9.29. The maximum Gasteiger partial charge on any atom is 0.335 e. The summed E-state index contributed by atoms with van der Waals surface area (Å²) in [5.41, 5.74) is -1.86. The summed E-state index contributed by atoms with van der Waals surface area (Å²) >= 11 is 0. The maximum atomic E-state index is 12.5. The highest BCUT2D eigenvalue weighted by Gasteiger charge is 2.73. The maximum absolute atomic E-state index is 12.5. The van der Waals surface area contributed by atoms with Gasteiger partial charge in [0.1, 0.15) is 24.4 Å². The summed E-state index contributed by atoms with van der Waals surface area (Å²) in [7, 11) is 0. The van der Waals surface area contributed by atoms with Gasteiger partial charge in [-0.15, -0.1) is 0 Å². The minimum absolute atomic E-state index is 0.0285. The average Bonchev–Trinajstić information content (AvgIpc) is 3.21. The Balaban J connectivity index is 1.24. The van der Waals surface area contributed by atoms with Gasteiger partial charge in [0.2, 0.25) is 0 Å². The van der Waals surface area contributed by atoms with Crippen LogP contribution in [-0.2, 0) is 9.47 Å². The van der Waals surface area contributed by atoms with Crippen LogP contribution in [0.2, 0.25) is 0 Å². The Kier molecular flexibility index (Phi) is 6.91. The molecule has 10 heteroatoms. The zero-order chi connectivity index (χ0) is 28.7. The van der Waals surface area contributed by atoms with E-state index in [1.807, 2.05) is 6.08 Å². The highest BCUT2D eigenvalue weighted by atomic mass is 16.7. The van der Waals surface area contributed by atoms with Crippen LogP contribution in [0.3, 0.4) is 0 Å². The molecule has 2 heterocycles. The third-order valence-electron chi connectivity index (χ3n) is 11.6. The monoisotopic (exact) mass is 562 g/mol. The van der Waals surface area contributed by atoms with Crippen molar-refractivity contribution in [1.29, 1.82) is 0 Å². The molecule has 1 aliphatic heterocycles. The first-order valence-electron chi connectivity index (χ1n) is 14.6. The molecular weight excluding hydrogens is 520 g/mol. The molecule has 0 radical (unpaired) electrons. The number of rotatable bonds is 4. The van der Waals surface area contributed by atoms with E-state index in [1.165, 1.54) is 12.3 Å². The molecule has 222 valence electrons. The normalized spacial score (nSPS) is 50.5. The van der Waals surface area contributed by atoms with Gasteiger partial charge in [0.15, 0.2) is 6.29 Å². The van der Waals surface area contributed by atoms with E-state index in [9.17, 15) is 35.4 Å². The van der Waals surface area contributed by atoms with Crippen LogP contribution < -0.4 is 5.63 Å². The van der Waals surface area contributed by atoms with Crippen LogP contribution in [-0.4, -0.2) is 85.3 Å². The van der Waals surface area contributed by atoms with Gasteiger partial charge in [-0.25, -0.2) is 4.79 Å². The number of aliphatic hydroxyl groups is 6. The molecule has 5 aliphatic rings. The highest BCUT2D eigenvalue weighted by Crippen LogP contribution is 2.71. The van der Waals surface area contributed by atoms with Crippen LogP contribution in [0.15, 0.2) is 39.3 Å². The Labute approximate surface area is 233 Å². The van der Waals surface area contributed by atoms with E-state index in [0.717, 1.165) is 24.0 Å². The smallest absolute Gasteiger partial charge is 0.335 e. The molecule has 12 atom stereocenters. The molecule has 40 heavy (non-hydrogen) atoms. The lowest BCUT2D eigenvalue weighted by Gasteiger charge is -2.65. The van der Waals surface area contributed by atoms with Crippen LogP contribution in [0.25, 0.3) is 0 Å². The molecular formula is C30H42O10. The number of allylic oxidation sites excluding steroid dienone is 1. The predicted octanol–water partition coefficient (Wildman–Crippen LogP) is 1.10. The Morgan fingerprint density at radius 2 is 1.75 bits per heavy atom. The summed E-state index contributed by atoms with van der Waals surface area (Å²) in [4.78, 5) is 11.6. The largest absolute Gasteiger partial charge is 0.431 e.